The van der Waals surface area contributed by atoms with E-state index < -0.39 is 10.0 Å². The second-order valence-corrected chi connectivity index (χ2v) is 7.58. The van der Waals surface area contributed by atoms with Crippen molar-refractivity contribution in [1.82, 2.24) is 9.62 Å². The molecule has 0 amide bonds. The molecule has 1 aliphatic heterocycles. The molecule has 1 atom stereocenters. The summed E-state index contributed by atoms with van der Waals surface area (Å²) in [7, 11) is -1.33. The molecule has 1 saturated heterocycles. The van der Waals surface area contributed by atoms with Crippen LogP contribution in [0.3, 0.4) is 0 Å². The summed E-state index contributed by atoms with van der Waals surface area (Å²) in [5.74, 6) is 0.188. The molecule has 7 heteroatoms. The normalized spacial score (nSPS) is 20.1. The minimum Gasteiger partial charge on any atom is -0.383 e. The van der Waals surface area contributed by atoms with Crippen molar-refractivity contribution in [1.29, 1.82) is 0 Å². The first-order chi connectivity index (χ1) is 9.53. The quantitative estimate of drug-likeness (QED) is 0.633. The van der Waals surface area contributed by atoms with Gasteiger partial charge in [0.1, 0.15) is 0 Å². The number of hydrogen-bond donors (Lipinski definition) is 2. The van der Waals surface area contributed by atoms with Gasteiger partial charge in [-0.15, -0.1) is 0 Å². The summed E-state index contributed by atoms with van der Waals surface area (Å²) in [6.45, 7) is 4.29. The summed E-state index contributed by atoms with van der Waals surface area (Å²) in [6, 6.07) is 0.680. The van der Waals surface area contributed by atoms with Gasteiger partial charge in [-0.2, -0.15) is 0 Å². The molecule has 0 aromatic rings. The molecule has 6 nitrogen and oxygen atoms in total. The average Bonchev–Trinajstić information content (AvgIpc) is 2.45. The largest absolute Gasteiger partial charge is 0.383 e. The molecule has 0 bridgehead atoms. The molecule has 0 aromatic carbocycles. The van der Waals surface area contributed by atoms with Crippen LogP contribution in [0.4, 0.5) is 0 Å². The maximum Gasteiger partial charge on any atom is 0.213 e. The first kappa shape index (κ1) is 17.8. The topological polar surface area (TPSA) is 84.7 Å². The third-order valence-corrected chi connectivity index (χ3v) is 5.69. The fourth-order valence-corrected chi connectivity index (χ4v) is 3.73. The fourth-order valence-electron chi connectivity index (χ4n) is 2.60. The summed E-state index contributed by atoms with van der Waals surface area (Å²) < 4.78 is 30.4. The van der Waals surface area contributed by atoms with Crippen molar-refractivity contribution in [2.24, 2.45) is 5.73 Å². The van der Waals surface area contributed by atoms with E-state index in [0.29, 0.717) is 38.3 Å². The number of ether oxygens (including phenoxy) is 1. The minimum absolute atomic E-state index is 0.188. The van der Waals surface area contributed by atoms with Crippen molar-refractivity contribution in [2.45, 2.75) is 44.7 Å². The average molecular weight is 307 g/mol. The van der Waals surface area contributed by atoms with Crippen molar-refractivity contribution in [3.63, 3.8) is 0 Å². The molecule has 3 N–H and O–H groups in total. The molecule has 0 spiro atoms. The van der Waals surface area contributed by atoms with Crippen LogP contribution in [0.2, 0.25) is 0 Å². The first-order valence-corrected chi connectivity index (χ1v) is 9.07. The third-order valence-electron chi connectivity index (χ3n) is 3.81. The number of methoxy groups -OCH3 is 1. The Morgan fingerprint density at radius 2 is 2.05 bits per heavy atom. The molecule has 1 aliphatic rings. The highest BCUT2D eigenvalue weighted by molar-refractivity contribution is 7.89. The number of nitrogens with two attached hydrogens (primary N) is 1. The first-order valence-electron chi connectivity index (χ1n) is 7.46. The van der Waals surface area contributed by atoms with E-state index in [1.54, 1.807) is 18.3 Å². The van der Waals surface area contributed by atoms with Gasteiger partial charge in [0.2, 0.25) is 10.0 Å². The summed E-state index contributed by atoms with van der Waals surface area (Å²) in [4.78, 5) is 0. The summed E-state index contributed by atoms with van der Waals surface area (Å²) in [6.07, 6.45) is 3.70. The Balaban J connectivity index is 2.40. The van der Waals surface area contributed by atoms with Gasteiger partial charge in [-0.25, -0.2) is 12.7 Å². The van der Waals surface area contributed by atoms with Gasteiger partial charge >= 0.3 is 0 Å². The zero-order valence-corrected chi connectivity index (χ0v) is 13.5. The Morgan fingerprint density at radius 3 is 2.55 bits per heavy atom. The number of sulfonamides is 1. The molecule has 1 fully saturated rings. The van der Waals surface area contributed by atoms with Gasteiger partial charge in [-0.3, -0.25) is 0 Å². The molecule has 0 aliphatic carbocycles. The van der Waals surface area contributed by atoms with Crippen molar-refractivity contribution < 1.29 is 13.2 Å². The van der Waals surface area contributed by atoms with E-state index in [1.165, 1.54) is 0 Å². The Hall–Kier alpha value is -0.210. The van der Waals surface area contributed by atoms with Crippen LogP contribution < -0.4 is 11.1 Å². The maximum absolute atomic E-state index is 11.8. The van der Waals surface area contributed by atoms with Gasteiger partial charge in [0.15, 0.2) is 0 Å². The van der Waals surface area contributed by atoms with Crippen LogP contribution in [-0.2, 0) is 14.8 Å². The monoisotopic (exact) mass is 307 g/mol. The second kappa shape index (κ2) is 8.94. The summed E-state index contributed by atoms with van der Waals surface area (Å²) >= 11 is 0. The van der Waals surface area contributed by atoms with Crippen molar-refractivity contribution in [2.75, 3.05) is 39.1 Å². The third kappa shape index (κ3) is 5.65. The predicted molar refractivity (Wildman–Crippen MR) is 81.1 cm³/mol. The number of rotatable bonds is 9. The molecule has 120 valence electrons. The lowest BCUT2D eigenvalue weighted by molar-refractivity contribution is 0.147. The maximum atomic E-state index is 11.8. The molecule has 1 rings (SSSR count). The molecular weight excluding hydrogens is 278 g/mol. The van der Waals surface area contributed by atoms with Crippen LogP contribution in [-0.4, -0.2) is 63.9 Å². The lowest BCUT2D eigenvalue weighted by Gasteiger charge is -2.33. The van der Waals surface area contributed by atoms with E-state index in [2.05, 4.69) is 5.32 Å². The zero-order chi connectivity index (χ0) is 15.0. The lowest BCUT2D eigenvalue weighted by Crippen LogP contribution is -2.49. The van der Waals surface area contributed by atoms with Gasteiger partial charge in [0.25, 0.3) is 0 Å². The SMILES string of the molecule is CCS(=O)(=O)N1CCC(NC(CCCN)COC)CC1. The summed E-state index contributed by atoms with van der Waals surface area (Å²) in [5.41, 5.74) is 5.55. The Kier molecular flexibility index (Phi) is 7.98. The van der Waals surface area contributed by atoms with Gasteiger partial charge in [0, 0.05) is 32.3 Å². The molecule has 20 heavy (non-hydrogen) atoms. The van der Waals surface area contributed by atoms with E-state index >= 15 is 0 Å². The molecule has 0 saturated carbocycles. The van der Waals surface area contributed by atoms with E-state index in [9.17, 15) is 8.42 Å². The Morgan fingerprint density at radius 1 is 1.40 bits per heavy atom. The van der Waals surface area contributed by atoms with Crippen molar-refractivity contribution in [3.05, 3.63) is 0 Å². The smallest absolute Gasteiger partial charge is 0.213 e. The summed E-state index contributed by atoms with van der Waals surface area (Å²) in [5, 5.41) is 3.58. The zero-order valence-electron chi connectivity index (χ0n) is 12.7. The van der Waals surface area contributed by atoms with E-state index in [1.807, 2.05) is 0 Å². The number of nitrogens with zero attached hydrogens (tertiary/aromatic N) is 1. The van der Waals surface area contributed by atoms with Gasteiger partial charge in [-0.1, -0.05) is 0 Å². The van der Waals surface area contributed by atoms with E-state index in [0.717, 1.165) is 25.7 Å². The minimum atomic E-state index is -3.03. The predicted octanol–water partition coefficient (Wildman–Crippen LogP) is 0.144. The van der Waals surface area contributed by atoms with E-state index in [-0.39, 0.29) is 5.75 Å². The highest BCUT2D eigenvalue weighted by Crippen LogP contribution is 2.15. The fraction of sp³-hybridized carbons (Fsp3) is 1.00. The van der Waals surface area contributed by atoms with Gasteiger partial charge in [-0.05, 0) is 39.2 Å². The number of nitrogens with one attached hydrogen (secondary N) is 1. The molecule has 1 unspecified atom stereocenters. The van der Waals surface area contributed by atoms with E-state index in [4.69, 9.17) is 10.5 Å². The molecular formula is C13H29N3O3S. The van der Waals surface area contributed by atoms with Crippen molar-refractivity contribution in [3.8, 4) is 0 Å². The van der Waals surface area contributed by atoms with Crippen LogP contribution in [0.25, 0.3) is 0 Å². The number of piperidine rings is 1. The van der Waals surface area contributed by atoms with Crippen LogP contribution >= 0.6 is 0 Å². The molecule has 1 heterocycles. The van der Waals surface area contributed by atoms with Crippen LogP contribution in [0.15, 0.2) is 0 Å². The Labute approximate surface area is 123 Å². The van der Waals surface area contributed by atoms with Crippen molar-refractivity contribution >= 4 is 10.0 Å². The highest BCUT2D eigenvalue weighted by atomic mass is 32.2. The Bertz CT molecular complexity index is 354. The van der Waals surface area contributed by atoms with Gasteiger partial charge < -0.3 is 15.8 Å². The van der Waals surface area contributed by atoms with Crippen LogP contribution in [0.1, 0.15) is 32.6 Å². The van der Waals surface area contributed by atoms with Crippen LogP contribution in [0, 0.1) is 0 Å². The lowest BCUT2D eigenvalue weighted by atomic mass is 10.0. The standard InChI is InChI=1S/C13H29N3O3S/c1-3-20(17,18)16-9-6-12(7-10-16)15-13(11-19-2)5-4-8-14/h12-13,15H,3-11,14H2,1-2H3. The van der Waals surface area contributed by atoms with Crippen LogP contribution in [0.5, 0.6) is 0 Å². The number of hydrogen-bond acceptors (Lipinski definition) is 5. The van der Waals surface area contributed by atoms with Gasteiger partial charge in [0.05, 0.1) is 12.4 Å². The highest BCUT2D eigenvalue weighted by Gasteiger charge is 2.27. The molecule has 0 aromatic heterocycles. The molecule has 0 radical (unpaired) electrons. The second-order valence-electron chi connectivity index (χ2n) is 5.32.